The van der Waals surface area contributed by atoms with E-state index in [9.17, 15) is 14.9 Å². The lowest BCUT2D eigenvalue weighted by Crippen LogP contribution is -2.41. The number of pyridine rings is 1. The second-order valence-corrected chi connectivity index (χ2v) is 7.39. The van der Waals surface area contributed by atoms with Crippen LogP contribution in [0.25, 0.3) is 11.3 Å². The van der Waals surface area contributed by atoms with Crippen molar-refractivity contribution in [2.24, 2.45) is 5.92 Å². The number of nitrogens with zero attached hydrogens (tertiary/aromatic N) is 3. The lowest BCUT2D eigenvalue weighted by molar-refractivity contribution is -0.149. The average Bonchev–Trinajstić information content (AvgIpc) is 2.73. The average molecular weight is 412 g/mol. The molecule has 1 aromatic carbocycles. The number of amides is 1. The summed E-state index contributed by atoms with van der Waals surface area (Å²) in [5.41, 5.74) is 2.55. The number of halogens is 1. The molecule has 0 spiro atoms. The van der Waals surface area contributed by atoms with Crippen molar-refractivity contribution in [3.63, 3.8) is 0 Å². The summed E-state index contributed by atoms with van der Waals surface area (Å²) < 4.78 is 5.08. The van der Waals surface area contributed by atoms with E-state index >= 15 is 0 Å². The predicted molar refractivity (Wildman–Crippen MR) is 109 cm³/mol. The Morgan fingerprint density at radius 1 is 1.28 bits per heavy atom. The van der Waals surface area contributed by atoms with Crippen LogP contribution in [-0.2, 0) is 9.53 Å². The smallest absolute Gasteiger partial charge is 0.309 e. The topological polar surface area (TPSA) is 83.3 Å². The molecule has 1 amide bonds. The zero-order valence-electron chi connectivity index (χ0n) is 16.4. The molecule has 1 aliphatic heterocycles. The number of rotatable bonds is 4. The third kappa shape index (κ3) is 4.57. The summed E-state index contributed by atoms with van der Waals surface area (Å²) in [6.45, 7) is 4.76. The minimum absolute atomic E-state index is 0.182. The normalized spacial score (nSPS) is 14.3. The minimum atomic E-state index is -0.218. The molecule has 1 fully saturated rings. The number of nitriles is 1. The molecule has 2 heterocycles. The lowest BCUT2D eigenvalue weighted by Gasteiger charge is -2.31. The van der Waals surface area contributed by atoms with Gasteiger partial charge in [0.15, 0.2) is 0 Å². The van der Waals surface area contributed by atoms with Gasteiger partial charge in [-0.2, -0.15) is 5.26 Å². The summed E-state index contributed by atoms with van der Waals surface area (Å²) in [6.07, 6.45) is 1.11. The highest BCUT2D eigenvalue weighted by atomic mass is 35.5. The van der Waals surface area contributed by atoms with Crippen molar-refractivity contribution in [3.8, 4) is 17.3 Å². The maximum absolute atomic E-state index is 13.2. The largest absolute Gasteiger partial charge is 0.466 e. The summed E-state index contributed by atoms with van der Waals surface area (Å²) in [6, 6.07) is 10.9. The van der Waals surface area contributed by atoms with E-state index in [0.717, 1.165) is 5.56 Å². The van der Waals surface area contributed by atoms with Gasteiger partial charge in [0.2, 0.25) is 0 Å². The zero-order valence-corrected chi connectivity index (χ0v) is 17.2. The van der Waals surface area contributed by atoms with Gasteiger partial charge >= 0.3 is 5.97 Å². The number of likely N-dealkylation sites (tertiary alicyclic amines) is 1. The molecular weight excluding hydrogens is 390 g/mol. The Morgan fingerprint density at radius 3 is 2.52 bits per heavy atom. The molecule has 2 aromatic rings. The maximum Gasteiger partial charge on any atom is 0.309 e. The molecule has 0 aliphatic carbocycles. The molecule has 1 aliphatic rings. The lowest BCUT2D eigenvalue weighted by atomic mass is 9.95. The number of aryl methyl sites for hydroxylation is 1. The Kier molecular flexibility index (Phi) is 6.50. The number of piperidine rings is 1. The summed E-state index contributed by atoms with van der Waals surface area (Å²) in [4.78, 5) is 31.3. The highest BCUT2D eigenvalue weighted by Gasteiger charge is 2.30. The fourth-order valence-electron chi connectivity index (χ4n) is 3.50. The van der Waals surface area contributed by atoms with Crippen molar-refractivity contribution in [1.29, 1.82) is 5.26 Å². The fourth-order valence-corrected chi connectivity index (χ4v) is 3.63. The molecular formula is C22H22ClN3O3. The highest BCUT2D eigenvalue weighted by molar-refractivity contribution is 6.30. The Bertz CT molecular complexity index is 959. The van der Waals surface area contributed by atoms with Gasteiger partial charge in [-0.25, -0.2) is 0 Å². The molecule has 150 valence electrons. The molecule has 7 heteroatoms. The molecule has 0 unspecified atom stereocenters. The van der Waals surface area contributed by atoms with Gasteiger partial charge in [-0.05, 0) is 44.9 Å². The minimum Gasteiger partial charge on any atom is -0.466 e. The standard InChI is InChI=1S/C22H22ClN3O3/c1-3-29-22(28)16-8-10-26(11-9-16)21(27)18-12-20(25-14(2)19(18)13-24)15-4-6-17(23)7-5-15/h4-7,12,16H,3,8-11H2,1-2H3. The Labute approximate surface area is 175 Å². The Hall–Kier alpha value is -2.91. The van der Waals surface area contributed by atoms with Crippen LogP contribution in [0.5, 0.6) is 0 Å². The van der Waals surface area contributed by atoms with Gasteiger partial charge in [-0.3, -0.25) is 14.6 Å². The van der Waals surface area contributed by atoms with Gasteiger partial charge < -0.3 is 9.64 Å². The molecule has 3 rings (SSSR count). The van der Waals surface area contributed by atoms with Crippen LogP contribution in [0.15, 0.2) is 30.3 Å². The molecule has 6 nitrogen and oxygen atoms in total. The van der Waals surface area contributed by atoms with Crippen molar-refractivity contribution >= 4 is 23.5 Å². The number of carbonyl (C=O) groups is 2. The van der Waals surface area contributed by atoms with E-state index in [-0.39, 0.29) is 23.4 Å². The molecule has 0 atom stereocenters. The van der Waals surface area contributed by atoms with Crippen LogP contribution in [-0.4, -0.2) is 41.5 Å². The summed E-state index contributed by atoms with van der Waals surface area (Å²) in [5.74, 6) is -0.607. The van der Waals surface area contributed by atoms with Gasteiger partial charge in [0.1, 0.15) is 6.07 Å². The number of esters is 1. The van der Waals surface area contributed by atoms with Crippen molar-refractivity contribution in [3.05, 3.63) is 52.2 Å². The first kappa shape index (κ1) is 20.8. The van der Waals surface area contributed by atoms with E-state index in [1.165, 1.54) is 0 Å². The molecule has 1 saturated heterocycles. The monoisotopic (exact) mass is 411 g/mol. The van der Waals surface area contributed by atoms with E-state index in [4.69, 9.17) is 16.3 Å². The quantitative estimate of drug-likeness (QED) is 0.710. The Morgan fingerprint density at radius 2 is 1.93 bits per heavy atom. The number of aromatic nitrogens is 1. The van der Waals surface area contributed by atoms with Crippen LogP contribution in [0, 0.1) is 24.2 Å². The van der Waals surface area contributed by atoms with E-state index in [0.29, 0.717) is 54.5 Å². The van der Waals surface area contributed by atoms with Crippen LogP contribution < -0.4 is 0 Å². The first-order valence-electron chi connectivity index (χ1n) is 9.58. The van der Waals surface area contributed by atoms with E-state index in [2.05, 4.69) is 11.1 Å². The number of hydrogen-bond donors (Lipinski definition) is 0. The van der Waals surface area contributed by atoms with Crippen LogP contribution in [0.1, 0.15) is 41.4 Å². The second kappa shape index (κ2) is 9.06. The molecule has 0 N–H and O–H groups in total. The molecule has 29 heavy (non-hydrogen) atoms. The van der Waals surface area contributed by atoms with Gasteiger partial charge in [0.05, 0.1) is 35.0 Å². The summed E-state index contributed by atoms with van der Waals surface area (Å²) in [7, 11) is 0. The number of benzene rings is 1. The third-order valence-corrected chi connectivity index (χ3v) is 5.34. The summed E-state index contributed by atoms with van der Waals surface area (Å²) >= 11 is 5.96. The van der Waals surface area contributed by atoms with Crippen LogP contribution in [0.4, 0.5) is 0 Å². The maximum atomic E-state index is 13.2. The third-order valence-electron chi connectivity index (χ3n) is 5.08. The first-order chi connectivity index (χ1) is 13.9. The fraction of sp³-hybridized carbons (Fsp3) is 0.364. The summed E-state index contributed by atoms with van der Waals surface area (Å²) in [5, 5.41) is 10.2. The van der Waals surface area contributed by atoms with Crippen molar-refractivity contribution in [1.82, 2.24) is 9.88 Å². The van der Waals surface area contributed by atoms with Gasteiger partial charge in [-0.1, -0.05) is 23.7 Å². The van der Waals surface area contributed by atoms with Crippen molar-refractivity contribution < 1.29 is 14.3 Å². The molecule has 0 bridgehead atoms. The van der Waals surface area contributed by atoms with Gasteiger partial charge in [0.25, 0.3) is 5.91 Å². The molecule has 0 saturated carbocycles. The first-order valence-corrected chi connectivity index (χ1v) is 9.96. The van der Waals surface area contributed by atoms with Gasteiger partial charge in [-0.15, -0.1) is 0 Å². The second-order valence-electron chi connectivity index (χ2n) is 6.95. The number of carbonyl (C=O) groups excluding carboxylic acids is 2. The van der Waals surface area contributed by atoms with E-state index in [1.807, 2.05) is 12.1 Å². The number of ether oxygens (including phenoxy) is 1. The molecule has 0 radical (unpaired) electrons. The van der Waals surface area contributed by atoms with Crippen LogP contribution in [0.3, 0.4) is 0 Å². The Balaban J connectivity index is 1.86. The van der Waals surface area contributed by atoms with Gasteiger partial charge in [0, 0.05) is 23.7 Å². The highest BCUT2D eigenvalue weighted by Crippen LogP contribution is 2.26. The van der Waals surface area contributed by atoms with Crippen molar-refractivity contribution in [2.45, 2.75) is 26.7 Å². The van der Waals surface area contributed by atoms with E-state index < -0.39 is 0 Å². The number of hydrogen-bond acceptors (Lipinski definition) is 5. The van der Waals surface area contributed by atoms with E-state index in [1.54, 1.807) is 36.9 Å². The zero-order chi connectivity index (χ0) is 21.0. The molecule has 1 aromatic heterocycles. The van der Waals surface area contributed by atoms with Crippen molar-refractivity contribution in [2.75, 3.05) is 19.7 Å². The van der Waals surface area contributed by atoms with Crippen LogP contribution in [0.2, 0.25) is 5.02 Å². The predicted octanol–water partition coefficient (Wildman–Crippen LogP) is 4.00. The SMILES string of the molecule is CCOC(=O)C1CCN(C(=O)c2cc(-c3ccc(Cl)cc3)nc(C)c2C#N)CC1. The van der Waals surface area contributed by atoms with Crippen LogP contribution >= 0.6 is 11.6 Å².